The SMILES string of the molecule is O=CN1CCCS(=O)(=O)C1. The minimum absolute atomic E-state index is 0.101. The second kappa shape index (κ2) is 2.57. The second-order valence-corrected chi connectivity index (χ2v) is 4.50. The Morgan fingerprint density at radius 1 is 1.40 bits per heavy atom. The molecule has 5 heteroatoms. The molecule has 0 atom stereocenters. The Labute approximate surface area is 59.7 Å². The van der Waals surface area contributed by atoms with Gasteiger partial charge in [0.2, 0.25) is 6.41 Å². The fourth-order valence-electron chi connectivity index (χ4n) is 0.952. The number of nitrogens with zero attached hydrogens (tertiary/aromatic N) is 1. The summed E-state index contributed by atoms with van der Waals surface area (Å²) in [5.41, 5.74) is 0. The number of carbonyl (C=O) groups is 1. The average Bonchev–Trinajstić information content (AvgIpc) is 1.86. The number of amides is 1. The number of sulfone groups is 1. The predicted molar refractivity (Wildman–Crippen MR) is 36.0 cm³/mol. The van der Waals surface area contributed by atoms with Gasteiger partial charge in [-0.3, -0.25) is 4.79 Å². The summed E-state index contributed by atoms with van der Waals surface area (Å²) in [7, 11) is -2.95. The third kappa shape index (κ3) is 1.70. The van der Waals surface area contributed by atoms with Gasteiger partial charge in [0.15, 0.2) is 9.84 Å². The molecule has 0 aromatic heterocycles. The van der Waals surface area contributed by atoms with Crippen molar-refractivity contribution in [1.82, 2.24) is 4.90 Å². The maximum Gasteiger partial charge on any atom is 0.210 e. The van der Waals surface area contributed by atoms with Crippen molar-refractivity contribution in [2.45, 2.75) is 6.42 Å². The molecule has 0 radical (unpaired) electrons. The molecule has 0 saturated carbocycles. The van der Waals surface area contributed by atoms with Gasteiger partial charge in [-0.2, -0.15) is 0 Å². The number of carbonyl (C=O) groups excluding carboxylic acids is 1. The van der Waals surface area contributed by atoms with Crippen molar-refractivity contribution in [3.05, 3.63) is 0 Å². The zero-order valence-electron chi connectivity index (χ0n) is 5.49. The Hall–Kier alpha value is -0.580. The summed E-state index contributed by atoms with van der Waals surface area (Å²) in [5, 5.41) is 0. The van der Waals surface area contributed by atoms with Gasteiger partial charge in [0, 0.05) is 6.54 Å². The zero-order chi connectivity index (χ0) is 7.61. The smallest absolute Gasteiger partial charge is 0.210 e. The monoisotopic (exact) mass is 163 g/mol. The van der Waals surface area contributed by atoms with Crippen LogP contribution >= 0.6 is 0 Å². The van der Waals surface area contributed by atoms with E-state index in [1.165, 1.54) is 4.90 Å². The van der Waals surface area contributed by atoms with Gasteiger partial charge in [-0.15, -0.1) is 0 Å². The normalized spacial score (nSPS) is 24.2. The first-order valence-corrected chi connectivity index (χ1v) is 4.86. The molecule has 4 nitrogen and oxygen atoms in total. The molecule has 1 amide bonds. The highest BCUT2D eigenvalue weighted by molar-refractivity contribution is 7.91. The molecule has 10 heavy (non-hydrogen) atoms. The van der Waals surface area contributed by atoms with Crippen LogP contribution in [0.2, 0.25) is 0 Å². The van der Waals surface area contributed by atoms with Gasteiger partial charge in [0.25, 0.3) is 0 Å². The van der Waals surface area contributed by atoms with Crippen LogP contribution in [0.4, 0.5) is 0 Å². The van der Waals surface area contributed by atoms with Crippen molar-refractivity contribution < 1.29 is 13.2 Å². The Balaban J connectivity index is 2.65. The van der Waals surface area contributed by atoms with Crippen LogP contribution in [0.15, 0.2) is 0 Å². The van der Waals surface area contributed by atoms with E-state index in [2.05, 4.69) is 0 Å². The molecule has 0 bridgehead atoms. The Morgan fingerprint density at radius 2 is 2.10 bits per heavy atom. The van der Waals surface area contributed by atoms with E-state index in [0.717, 1.165) is 0 Å². The van der Waals surface area contributed by atoms with Crippen molar-refractivity contribution in [2.24, 2.45) is 0 Å². The van der Waals surface area contributed by atoms with Crippen molar-refractivity contribution in [3.8, 4) is 0 Å². The van der Waals surface area contributed by atoms with Gasteiger partial charge in [-0.25, -0.2) is 8.42 Å². The molecular formula is C5H9NO3S. The molecule has 1 heterocycles. The van der Waals surface area contributed by atoms with Crippen molar-refractivity contribution in [3.63, 3.8) is 0 Å². The van der Waals surface area contributed by atoms with Crippen LogP contribution in [0.5, 0.6) is 0 Å². The van der Waals surface area contributed by atoms with Gasteiger partial charge in [0.05, 0.1) is 5.75 Å². The lowest BCUT2D eigenvalue weighted by atomic mass is 10.4. The first-order chi connectivity index (χ1) is 4.64. The van der Waals surface area contributed by atoms with E-state index in [1.807, 2.05) is 0 Å². The fourth-order valence-corrected chi connectivity index (χ4v) is 2.35. The first-order valence-electron chi connectivity index (χ1n) is 3.04. The van der Waals surface area contributed by atoms with Crippen LogP contribution < -0.4 is 0 Å². The zero-order valence-corrected chi connectivity index (χ0v) is 6.30. The third-order valence-corrected chi connectivity index (χ3v) is 3.05. The molecule has 0 spiro atoms. The summed E-state index contributed by atoms with van der Waals surface area (Å²) < 4.78 is 21.6. The molecule has 0 aliphatic carbocycles. The number of hydrogen-bond donors (Lipinski definition) is 0. The molecule has 1 aliphatic rings. The highest BCUT2D eigenvalue weighted by Gasteiger charge is 2.20. The van der Waals surface area contributed by atoms with E-state index in [0.29, 0.717) is 19.4 Å². The lowest BCUT2D eigenvalue weighted by molar-refractivity contribution is -0.117. The summed E-state index contributed by atoms with van der Waals surface area (Å²) in [6.45, 7) is 0.572. The summed E-state index contributed by atoms with van der Waals surface area (Å²) in [5.74, 6) is 0.119. The van der Waals surface area contributed by atoms with Crippen molar-refractivity contribution >= 4 is 16.2 Å². The maximum absolute atomic E-state index is 10.8. The molecule has 1 fully saturated rings. The number of hydrogen-bond acceptors (Lipinski definition) is 3. The largest absolute Gasteiger partial charge is 0.331 e. The average molecular weight is 163 g/mol. The van der Waals surface area contributed by atoms with Crippen molar-refractivity contribution in [1.29, 1.82) is 0 Å². The van der Waals surface area contributed by atoms with Crippen LogP contribution in [-0.2, 0) is 14.6 Å². The molecule has 0 N–H and O–H groups in total. The van der Waals surface area contributed by atoms with E-state index >= 15 is 0 Å². The van der Waals surface area contributed by atoms with Gasteiger partial charge in [-0.05, 0) is 6.42 Å². The number of rotatable bonds is 1. The molecule has 1 aliphatic heterocycles. The lowest BCUT2D eigenvalue weighted by Gasteiger charge is -2.21. The Bertz CT molecular complexity index is 221. The molecule has 0 aromatic carbocycles. The summed E-state index contributed by atoms with van der Waals surface area (Å²) in [6.07, 6.45) is 1.15. The van der Waals surface area contributed by atoms with E-state index in [9.17, 15) is 13.2 Å². The summed E-state index contributed by atoms with van der Waals surface area (Å²) in [6, 6.07) is 0. The summed E-state index contributed by atoms with van der Waals surface area (Å²) in [4.78, 5) is 11.4. The maximum atomic E-state index is 10.8. The van der Waals surface area contributed by atoms with Crippen LogP contribution in [0, 0.1) is 0 Å². The fraction of sp³-hybridized carbons (Fsp3) is 0.800. The van der Waals surface area contributed by atoms with Crippen LogP contribution in [-0.4, -0.2) is 37.9 Å². The van der Waals surface area contributed by atoms with Crippen LogP contribution in [0.1, 0.15) is 6.42 Å². The van der Waals surface area contributed by atoms with Crippen LogP contribution in [0.25, 0.3) is 0 Å². The van der Waals surface area contributed by atoms with E-state index in [-0.39, 0.29) is 11.6 Å². The highest BCUT2D eigenvalue weighted by atomic mass is 32.2. The van der Waals surface area contributed by atoms with Gasteiger partial charge < -0.3 is 4.90 Å². The first kappa shape index (κ1) is 7.53. The Morgan fingerprint density at radius 3 is 2.50 bits per heavy atom. The lowest BCUT2D eigenvalue weighted by Crippen LogP contribution is -2.36. The predicted octanol–water partition coefficient (Wildman–Crippen LogP) is -0.779. The molecule has 0 aromatic rings. The topological polar surface area (TPSA) is 54.5 Å². The van der Waals surface area contributed by atoms with Gasteiger partial charge >= 0.3 is 0 Å². The van der Waals surface area contributed by atoms with E-state index in [1.54, 1.807) is 0 Å². The van der Waals surface area contributed by atoms with Gasteiger partial charge in [-0.1, -0.05) is 0 Å². The quantitative estimate of drug-likeness (QED) is 0.476. The molecule has 58 valence electrons. The highest BCUT2D eigenvalue weighted by Crippen LogP contribution is 2.04. The van der Waals surface area contributed by atoms with Gasteiger partial charge in [0.1, 0.15) is 5.88 Å². The minimum Gasteiger partial charge on any atom is -0.331 e. The van der Waals surface area contributed by atoms with E-state index < -0.39 is 9.84 Å². The molecule has 0 unspecified atom stereocenters. The van der Waals surface area contributed by atoms with Crippen LogP contribution in [0.3, 0.4) is 0 Å². The third-order valence-electron chi connectivity index (χ3n) is 1.41. The van der Waals surface area contributed by atoms with Crippen molar-refractivity contribution in [2.75, 3.05) is 18.2 Å². The minimum atomic E-state index is -2.95. The van der Waals surface area contributed by atoms with E-state index in [4.69, 9.17) is 0 Å². The summed E-state index contributed by atoms with van der Waals surface area (Å²) >= 11 is 0. The molecular weight excluding hydrogens is 154 g/mol. The molecule has 1 rings (SSSR count). The second-order valence-electron chi connectivity index (χ2n) is 2.35. The molecule has 1 saturated heterocycles. The standard InChI is InChI=1S/C5H9NO3S/c7-4-6-2-1-3-10(8,9)5-6/h4H,1-3,5H2. The Kier molecular flexibility index (Phi) is 1.94.